The molecule has 2 aromatic rings. The van der Waals surface area contributed by atoms with Gasteiger partial charge in [0.1, 0.15) is 5.75 Å². The van der Waals surface area contributed by atoms with Crippen molar-refractivity contribution in [1.82, 2.24) is 0 Å². The number of rotatable bonds is 6. The molecule has 0 heterocycles. The number of carboxylic acid groups (broad SMARTS) is 1. The maximum Gasteiger partial charge on any atom is 0.511 e. The molecule has 0 radical (unpaired) electrons. The van der Waals surface area contributed by atoms with Crippen molar-refractivity contribution in [2.75, 3.05) is 0 Å². The van der Waals surface area contributed by atoms with Gasteiger partial charge in [0.15, 0.2) is 0 Å². The summed E-state index contributed by atoms with van der Waals surface area (Å²) in [5, 5.41) is 9.04. The van der Waals surface area contributed by atoms with Gasteiger partial charge in [0.25, 0.3) is 0 Å². The van der Waals surface area contributed by atoms with E-state index in [4.69, 9.17) is 9.84 Å². The summed E-state index contributed by atoms with van der Waals surface area (Å²) in [6.45, 7) is 10.4. The van der Waals surface area contributed by atoms with Crippen LogP contribution in [0.15, 0.2) is 24.3 Å². The normalized spacial score (nSPS) is 10.8. The summed E-state index contributed by atoms with van der Waals surface area (Å²) in [4.78, 5) is 11.1. The van der Waals surface area contributed by atoms with Gasteiger partial charge in [-0.05, 0) is 78.6 Å². The quantitative estimate of drug-likeness (QED) is 0.500. The highest BCUT2D eigenvalue weighted by molar-refractivity contribution is 5.76. The SMILES string of the molecule is CCCc1cccc(-c2cc(OC(=O)O)c(C)c(C)c2C)c1CCC. The molecule has 25 heavy (non-hydrogen) atoms. The molecule has 2 aromatic carbocycles. The summed E-state index contributed by atoms with van der Waals surface area (Å²) in [6, 6.07) is 8.34. The lowest BCUT2D eigenvalue weighted by Crippen LogP contribution is -2.07. The molecule has 3 nitrogen and oxygen atoms in total. The van der Waals surface area contributed by atoms with Crippen molar-refractivity contribution in [1.29, 1.82) is 0 Å². The Balaban J connectivity index is 2.71. The van der Waals surface area contributed by atoms with Gasteiger partial charge in [-0.25, -0.2) is 4.79 Å². The molecule has 0 bridgehead atoms. The second kappa shape index (κ2) is 8.19. The van der Waals surface area contributed by atoms with Crippen LogP contribution >= 0.6 is 0 Å². The molecule has 2 rings (SSSR count). The molecule has 3 heteroatoms. The van der Waals surface area contributed by atoms with E-state index in [2.05, 4.69) is 39.0 Å². The van der Waals surface area contributed by atoms with Crippen LogP contribution in [0.5, 0.6) is 5.75 Å². The maximum absolute atomic E-state index is 11.1. The molecule has 0 unspecified atom stereocenters. The second-order valence-corrected chi connectivity index (χ2v) is 6.61. The van der Waals surface area contributed by atoms with Crippen LogP contribution in [0.2, 0.25) is 0 Å². The van der Waals surface area contributed by atoms with Gasteiger partial charge >= 0.3 is 6.16 Å². The molecule has 0 aliphatic rings. The lowest BCUT2D eigenvalue weighted by Gasteiger charge is -2.19. The molecule has 0 fully saturated rings. The summed E-state index contributed by atoms with van der Waals surface area (Å²) < 4.78 is 5.04. The Labute approximate surface area is 150 Å². The molecule has 0 aromatic heterocycles. The summed E-state index contributed by atoms with van der Waals surface area (Å²) in [7, 11) is 0. The zero-order valence-corrected chi connectivity index (χ0v) is 15.9. The predicted octanol–water partition coefficient (Wildman–Crippen LogP) is 6.24. The topological polar surface area (TPSA) is 46.5 Å². The van der Waals surface area contributed by atoms with Gasteiger partial charge in [-0.3, -0.25) is 0 Å². The number of hydrogen-bond acceptors (Lipinski definition) is 2. The van der Waals surface area contributed by atoms with Crippen LogP contribution in [0.4, 0.5) is 4.79 Å². The van der Waals surface area contributed by atoms with Crippen molar-refractivity contribution < 1.29 is 14.6 Å². The Morgan fingerprint density at radius 1 is 0.960 bits per heavy atom. The fraction of sp³-hybridized carbons (Fsp3) is 0.409. The van der Waals surface area contributed by atoms with Gasteiger partial charge in [0.2, 0.25) is 0 Å². The minimum atomic E-state index is -1.27. The molecule has 0 aliphatic heterocycles. The van der Waals surface area contributed by atoms with Crippen molar-refractivity contribution in [2.24, 2.45) is 0 Å². The minimum absolute atomic E-state index is 0.425. The van der Waals surface area contributed by atoms with E-state index < -0.39 is 6.16 Å². The van der Waals surface area contributed by atoms with E-state index in [1.54, 1.807) is 0 Å². The van der Waals surface area contributed by atoms with Gasteiger partial charge in [0.05, 0.1) is 0 Å². The van der Waals surface area contributed by atoms with Crippen molar-refractivity contribution in [3.05, 3.63) is 52.1 Å². The molecule has 0 aliphatic carbocycles. The standard InChI is InChI=1S/C22H28O3/c1-6-9-17-11-8-12-19(18(17)10-7-2)20-13-21(25-22(23)24)16(5)14(3)15(20)4/h8,11-13H,6-7,9-10H2,1-5H3,(H,23,24). The van der Waals surface area contributed by atoms with Crippen LogP contribution in [-0.4, -0.2) is 11.3 Å². The Hall–Kier alpha value is -2.29. The van der Waals surface area contributed by atoms with Crippen LogP contribution in [0.3, 0.4) is 0 Å². The number of ether oxygens (including phenoxy) is 1. The highest BCUT2D eigenvalue weighted by Crippen LogP contribution is 2.37. The van der Waals surface area contributed by atoms with E-state index in [0.29, 0.717) is 5.75 Å². The molecular weight excluding hydrogens is 312 g/mol. The van der Waals surface area contributed by atoms with Gasteiger partial charge in [-0.2, -0.15) is 0 Å². The first-order valence-electron chi connectivity index (χ1n) is 9.03. The van der Waals surface area contributed by atoms with Crippen LogP contribution in [-0.2, 0) is 12.8 Å². The first kappa shape index (κ1) is 19.0. The molecule has 0 spiro atoms. The number of carbonyl (C=O) groups is 1. The summed E-state index contributed by atoms with van der Waals surface area (Å²) in [5.74, 6) is 0.425. The average Bonchev–Trinajstić information content (AvgIpc) is 2.57. The first-order chi connectivity index (χ1) is 11.9. The zero-order valence-electron chi connectivity index (χ0n) is 15.9. The summed E-state index contributed by atoms with van der Waals surface area (Å²) in [6.07, 6.45) is 3.00. The third kappa shape index (κ3) is 4.04. The Kier molecular flexibility index (Phi) is 6.24. The van der Waals surface area contributed by atoms with Gasteiger partial charge in [0, 0.05) is 0 Å². The molecule has 134 valence electrons. The van der Waals surface area contributed by atoms with Crippen LogP contribution in [0.25, 0.3) is 11.1 Å². The zero-order chi connectivity index (χ0) is 18.6. The lowest BCUT2D eigenvalue weighted by atomic mass is 9.86. The molecule has 0 saturated carbocycles. The Morgan fingerprint density at radius 2 is 1.64 bits per heavy atom. The molecule has 0 saturated heterocycles. The lowest BCUT2D eigenvalue weighted by molar-refractivity contribution is 0.144. The van der Waals surface area contributed by atoms with E-state index in [1.807, 2.05) is 19.9 Å². The Bertz CT molecular complexity index is 775. The van der Waals surface area contributed by atoms with Crippen LogP contribution in [0.1, 0.15) is 54.5 Å². The Morgan fingerprint density at radius 3 is 2.24 bits per heavy atom. The van der Waals surface area contributed by atoms with E-state index in [1.165, 1.54) is 22.3 Å². The first-order valence-corrected chi connectivity index (χ1v) is 9.03. The van der Waals surface area contributed by atoms with Gasteiger partial charge in [-0.1, -0.05) is 44.9 Å². The van der Waals surface area contributed by atoms with Gasteiger partial charge in [-0.15, -0.1) is 0 Å². The van der Waals surface area contributed by atoms with E-state index in [0.717, 1.165) is 42.4 Å². The largest absolute Gasteiger partial charge is 0.511 e. The average molecular weight is 340 g/mol. The van der Waals surface area contributed by atoms with Crippen molar-refractivity contribution in [3.8, 4) is 16.9 Å². The van der Waals surface area contributed by atoms with E-state index >= 15 is 0 Å². The van der Waals surface area contributed by atoms with E-state index in [-0.39, 0.29) is 0 Å². The van der Waals surface area contributed by atoms with Crippen molar-refractivity contribution in [3.63, 3.8) is 0 Å². The third-order valence-electron chi connectivity index (χ3n) is 4.95. The highest BCUT2D eigenvalue weighted by Gasteiger charge is 2.17. The fourth-order valence-electron chi connectivity index (χ4n) is 3.43. The number of hydrogen-bond donors (Lipinski definition) is 1. The van der Waals surface area contributed by atoms with Crippen LogP contribution in [0, 0.1) is 20.8 Å². The van der Waals surface area contributed by atoms with Crippen molar-refractivity contribution >= 4 is 6.16 Å². The molecule has 1 N–H and O–H groups in total. The highest BCUT2D eigenvalue weighted by atomic mass is 16.7. The number of benzene rings is 2. The monoisotopic (exact) mass is 340 g/mol. The third-order valence-corrected chi connectivity index (χ3v) is 4.95. The van der Waals surface area contributed by atoms with Crippen LogP contribution < -0.4 is 4.74 Å². The fourth-order valence-corrected chi connectivity index (χ4v) is 3.43. The number of aryl methyl sites for hydroxylation is 1. The smallest absolute Gasteiger partial charge is 0.449 e. The predicted molar refractivity (Wildman–Crippen MR) is 103 cm³/mol. The summed E-state index contributed by atoms with van der Waals surface area (Å²) in [5.41, 5.74) is 8.17. The molecular formula is C22H28O3. The molecule has 0 atom stereocenters. The van der Waals surface area contributed by atoms with Crippen molar-refractivity contribution in [2.45, 2.75) is 60.3 Å². The second-order valence-electron chi connectivity index (χ2n) is 6.61. The maximum atomic E-state index is 11.1. The van der Waals surface area contributed by atoms with E-state index in [9.17, 15) is 4.79 Å². The summed E-state index contributed by atoms with van der Waals surface area (Å²) >= 11 is 0. The molecule has 0 amide bonds. The minimum Gasteiger partial charge on any atom is -0.449 e. The van der Waals surface area contributed by atoms with Gasteiger partial charge < -0.3 is 9.84 Å².